The van der Waals surface area contributed by atoms with Crippen LogP contribution in [0.2, 0.25) is 0 Å². The minimum atomic E-state index is -0.489. The van der Waals surface area contributed by atoms with Crippen molar-refractivity contribution in [3.05, 3.63) is 11.9 Å². The molecule has 2 heterocycles. The molecule has 2 aliphatic rings. The van der Waals surface area contributed by atoms with Crippen LogP contribution >= 0.6 is 11.8 Å². The molecule has 2 aromatic heterocycles. The molecule has 0 aromatic carbocycles. The molecule has 8 heteroatoms. The molecular weight excluding hydrogens is 326 g/mol. The van der Waals surface area contributed by atoms with Gasteiger partial charge in [-0.3, -0.25) is 4.57 Å². The van der Waals surface area contributed by atoms with Gasteiger partial charge in [-0.05, 0) is 24.8 Å². The lowest BCUT2D eigenvalue weighted by molar-refractivity contribution is 0.143. The van der Waals surface area contributed by atoms with E-state index in [0.717, 1.165) is 16.1 Å². The third kappa shape index (κ3) is 2.68. The fourth-order valence-corrected chi connectivity index (χ4v) is 4.57. The SMILES string of the molecule is Nc1nc(SC2CCCC2)c2ncn(/C=C3/CC3(CO)CO)c2n1. The highest BCUT2D eigenvalue weighted by molar-refractivity contribution is 8.00. The van der Waals surface area contributed by atoms with Gasteiger partial charge in [0.05, 0.1) is 13.2 Å². The maximum Gasteiger partial charge on any atom is 0.223 e. The van der Waals surface area contributed by atoms with Gasteiger partial charge in [0.1, 0.15) is 16.9 Å². The Hall–Kier alpha value is -1.64. The number of nitrogen functional groups attached to an aromatic ring is 1. The van der Waals surface area contributed by atoms with Crippen molar-refractivity contribution in [1.29, 1.82) is 0 Å². The van der Waals surface area contributed by atoms with E-state index in [2.05, 4.69) is 15.0 Å². The molecule has 0 atom stereocenters. The molecule has 0 unspecified atom stereocenters. The molecule has 2 saturated carbocycles. The summed E-state index contributed by atoms with van der Waals surface area (Å²) in [5, 5.41) is 20.3. The summed E-state index contributed by atoms with van der Waals surface area (Å²) in [4.78, 5) is 13.2. The highest BCUT2D eigenvalue weighted by Gasteiger charge is 2.48. The molecule has 24 heavy (non-hydrogen) atoms. The number of anilines is 1. The largest absolute Gasteiger partial charge is 0.395 e. The van der Waals surface area contributed by atoms with Gasteiger partial charge < -0.3 is 15.9 Å². The molecule has 0 bridgehead atoms. The van der Waals surface area contributed by atoms with Crippen LogP contribution in [-0.2, 0) is 0 Å². The zero-order valence-corrected chi connectivity index (χ0v) is 14.2. The minimum Gasteiger partial charge on any atom is -0.395 e. The van der Waals surface area contributed by atoms with Gasteiger partial charge in [-0.15, -0.1) is 11.8 Å². The van der Waals surface area contributed by atoms with Crippen molar-refractivity contribution in [3.63, 3.8) is 0 Å². The number of nitrogens with zero attached hydrogens (tertiary/aromatic N) is 4. The first-order valence-electron chi connectivity index (χ1n) is 8.25. The lowest BCUT2D eigenvalue weighted by Crippen LogP contribution is -2.12. The summed E-state index contributed by atoms with van der Waals surface area (Å²) in [5.74, 6) is 0.245. The Balaban J connectivity index is 1.69. The van der Waals surface area contributed by atoms with Gasteiger partial charge in [-0.1, -0.05) is 12.8 Å². The van der Waals surface area contributed by atoms with Gasteiger partial charge in [-0.2, -0.15) is 4.98 Å². The number of hydrogen-bond donors (Lipinski definition) is 3. The first-order valence-corrected chi connectivity index (χ1v) is 9.13. The number of aliphatic hydroxyl groups excluding tert-OH is 2. The van der Waals surface area contributed by atoms with Crippen LogP contribution in [0.15, 0.2) is 16.9 Å². The number of hydrogen-bond acceptors (Lipinski definition) is 7. The molecule has 0 amide bonds. The molecule has 0 radical (unpaired) electrons. The third-order valence-electron chi connectivity index (χ3n) is 4.97. The predicted molar refractivity (Wildman–Crippen MR) is 93.3 cm³/mol. The number of fused-ring (bicyclic) bond motifs is 1. The molecule has 2 aliphatic carbocycles. The van der Waals surface area contributed by atoms with Crippen LogP contribution < -0.4 is 5.73 Å². The number of imidazole rings is 1. The number of thioether (sulfide) groups is 1. The summed E-state index contributed by atoms with van der Waals surface area (Å²) in [6.07, 6.45) is 9.22. The van der Waals surface area contributed by atoms with Crippen LogP contribution in [0.3, 0.4) is 0 Å². The van der Waals surface area contributed by atoms with Gasteiger partial charge in [0.25, 0.3) is 0 Å². The number of aromatic nitrogens is 4. The van der Waals surface area contributed by atoms with Crippen molar-refractivity contribution >= 4 is 35.1 Å². The topological polar surface area (TPSA) is 110 Å². The van der Waals surface area contributed by atoms with Crippen molar-refractivity contribution in [3.8, 4) is 0 Å². The van der Waals surface area contributed by atoms with Crippen molar-refractivity contribution in [2.45, 2.75) is 42.4 Å². The number of rotatable bonds is 5. The average molecular weight is 347 g/mol. The molecule has 2 aromatic rings. The predicted octanol–water partition coefficient (Wildman–Crippen LogP) is 1.66. The molecule has 0 spiro atoms. The molecule has 0 aliphatic heterocycles. The first-order chi connectivity index (χ1) is 11.6. The lowest BCUT2D eigenvalue weighted by atomic mass is 10.1. The molecule has 7 nitrogen and oxygen atoms in total. The zero-order chi connectivity index (χ0) is 16.7. The van der Waals surface area contributed by atoms with Crippen molar-refractivity contribution < 1.29 is 10.2 Å². The fourth-order valence-electron chi connectivity index (χ4n) is 3.28. The van der Waals surface area contributed by atoms with Gasteiger partial charge in [0.15, 0.2) is 5.65 Å². The van der Waals surface area contributed by atoms with Crippen LogP contribution in [0.25, 0.3) is 17.4 Å². The lowest BCUT2D eigenvalue weighted by Gasteiger charge is -2.08. The van der Waals surface area contributed by atoms with Crippen molar-refractivity contribution in [2.75, 3.05) is 18.9 Å². The summed E-state index contributed by atoms with van der Waals surface area (Å²) >= 11 is 1.74. The highest BCUT2D eigenvalue weighted by atomic mass is 32.2. The Bertz CT molecular complexity index is 793. The maximum absolute atomic E-state index is 9.44. The van der Waals surface area contributed by atoms with E-state index in [4.69, 9.17) is 5.73 Å². The average Bonchev–Trinajstić information content (AvgIpc) is 2.89. The van der Waals surface area contributed by atoms with E-state index in [1.807, 2.05) is 10.8 Å². The van der Waals surface area contributed by atoms with E-state index in [1.165, 1.54) is 25.7 Å². The summed E-state index contributed by atoms with van der Waals surface area (Å²) < 4.78 is 1.81. The van der Waals surface area contributed by atoms with Crippen LogP contribution in [0.4, 0.5) is 5.95 Å². The smallest absolute Gasteiger partial charge is 0.223 e. The van der Waals surface area contributed by atoms with Crippen LogP contribution in [0.5, 0.6) is 0 Å². The van der Waals surface area contributed by atoms with Gasteiger partial charge >= 0.3 is 0 Å². The van der Waals surface area contributed by atoms with Crippen molar-refractivity contribution in [2.24, 2.45) is 5.41 Å². The second-order valence-corrected chi connectivity index (χ2v) is 7.95. The maximum atomic E-state index is 9.44. The minimum absolute atomic E-state index is 0.0537. The molecule has 0 saturated heterocycles. The van der Waals surface area contributed by atoms with E-state index >= 15 is 0 Å². The fraction of sp³-hybridized carbons (Fsp3) is 0.562. The van der Waals surface area contributed by atoms with Crippen molar-refractivity contribution in [1.82, 2.24) is 19.5 Å². The monoisotopic (exact) mass is 347 g/mol. The number of nitrogens with two attached hydrogens (primary N) is 1. The molecule has 2 fully saturated rings. The second kappa shape index (κ2) is 6.02. The van der Waals surface area contributed by atoms with E-state index < -0.39 is 5.41 Å². The standard InChI is InChI=1S/C16H21N5O2S/c17-15-19-13-12(14(20-15)24-11-3-1-2-4-11)18-9-21(13)6-10-5-16(10,7-22)8-23/h6,9,11,22-23H,1-5,7-8H2,(H2,17,19,20)/b10-6-. The zero-order valence-electron chi connectivity index (χ0n) is 13.4. The Morgan fingerprint density at radius 3 is 2.71 bits per heavy atom. The van der Waals surface area contributed by atoms with Gasteiger partial charge in [0.2, 0.25) is 5.95 Å². The quantitative estimate of drug-likeness (QED) is 0.706. The molecule has 4 rings (SSSR count). The Kier molecular flexibility index (Phi) is 3.98. The van der Waals surface area contributed by atoms with Gasteiger partial charge in [0, 0.05) is 16.9 Å². The summed E-state index contributed by atoms with van der Waals surface area (Å²) in [7, 11) is 0. The van der Waals surface area contributed by atoms with Crippen LogP contribution in [0.1, 0.15) is 32.1 Å². The molecular formula is C16H21N5O2S. The van der Waals surface area contributed by atoms with Gasteiger partial charge in [-0.25, -0.2) is 9.97 Å². The normalized spacial score (nSPS) is 21.8. The van der Waals surface area contributed by atoms with E-state index in [0.29, 0.717) is 17.3 Å². The third-order valence-corrected chi connectivity index (χ3v) is 6.29. The second-order valence-electron chi connectivity index (χ2n) is 6.66. The van der Waals surface area contributed by atoms with Crippen LogP contribution in [-0.4, -0.2) is 48.2 Å². The van der Waals surface area contributed by atoms with E-state index in [-0.39, 0.29) is 19.2 Å². The Labute approximate surface area is 144 Å². The summed E-state index contributed by atoms with van der Waals surface area (Å²) in [6.45, 7) is -0.107. The van der Waals surface area contributed by atoms with E-state index in [1.54, 1.807) is 18.1 Å². The summed E-state index contributed by atoms with van der Waals surface area (Å²) in [5.41, 5.74) is 7.84. The summed E-state index contributed by atoms with van der Waals surface area (Å²) in [6, 6.07) is 0. The first kappa shape index (κ1) is 15.9. The molecule has 128 valence electrons. The Morgan fingerprint density at radius 1 is 1.29 bits per heavy atom. The van der Waals surface area contributed by atoms with Crippen LogP contribution in [0, 0.1) is 5.41 Å². The number of aliphatic hydroxyl groups is 2. The molecule has 4 N–H and O–H groups in total. The highest BCUT2D eigenvalue weighted by Crippen LogP contribution is 2.51. The Morgan fingerprint density at radius 2 is 2.04 bits per heavy atom. The van der Waals surface area contributed by atoms with E-state index in [9.17, 15) is 10.2 Å².